The topological polar surface area (TPSA) is 0 Å². The molecule has 0 bridgehead atoms. The van der Waals surface area contributed by atoms with Crippen LogP contribution in [0, 0.1) is 6.92 Å². The Bertz CT molecular complexity index is 348. The molecule has 0 aliphatic heterocycles. The third-order valence-electron chi connectivity index (χ3n) is 2.39. The highest BCUT2D eigenvalue weighted by Crippen LogP contribution is 2.42. The van der Waals surface area contributed by atoms with Gasteiger partial charge < -0.3 is 0 Å². The lowest BCUT2D eigenvalue weighted by atomic mass is 10.0. The minimum atomic E-state index is -4.25. The van der Waals surface area contributed by atoms with Gasteiger partial charge in [-0.25, -0.2) is 0 Å². The van der Waals surface area contributed by atoms with Crippen LogP contribution in [0.2, 0.25) is 0 Å². The molecule has 0 nitrogen and oxygen atoms in total. The van der Waals surface area contributed by atoms with E-state index >= 15 is 0 Å². The number of hydrogen-bond acceptors (Lipinski definition) is 0. The predicted octanol–water partition coefficient (Wildman–Crippen LogP) is 3.76. The van der Waals surface area contributed by atoms with Gasteiger partial charge in [-0.1, -0.05) is 6.07 Å². The fourth-order valence-corrected chi connectivity index (χ4v) is 1.53. The Morgan fingerprint density at radius 1 is 1.14 bits per heavy atom. The first-order valence-corrected chi connectivity index (χ1v) is 4.51. The van der Waals surface area contributed by atoms with Crippen LogP contribution in [-0.2, 0) is 6.18 Å². The van der Waals surface area contributed by atoms with Crippen LogP contribution in [0.5, 0.6) is 0 Å². The molecule has 0 spiro atoms. The van der Waals surface area contributed by atoms with Crippen molar-refractivity contribution in [3.8, 4) is 0 Å². The van der Waals surface area contributed by atoms with E-state index in [9.17, 15) is 13.2 Å². The standard InChI is InChI=1S/C11H10F3/c1-7-4-9(8-2-3-8)6-10(5-7)11(12,13)14/h4-6,8H,1-3H2. The average molecular weight is 199 g/mol. The number of hydrogen-bond donors (Lipinski definition) is 0. The van der Waals surface area contributed by atoms with E-state index in [0.717, 1.165) is 24.5 Å². The van der Waals surface area contributed by atoms with Gasteiger partial charge in [0.2, 0.25) is 0 Å². The van der Waals surface area contributed by atoms with Gasteiger partial charge >= 0.3 is 6.18 Å². The van der Waals surface area contributed by atoms with Gasteiger partial charge in [-0.2, -0.15) is 13.2 Å². The van der Waals surface area contributed by atoms with Crippen LogP contribution in [0.1, 0.15) is 35.4 Å². The molecule has 0 unspecified atom stereocenters. The molecule has 0 amide bonds. The second kappa shape index (κ2) is 3.01. The average Bonchev–Trinajstić information content (AvgIpc) is 2.83. The molecule has 1 aromatic rings. The molecule has 1 saturated carbocycles. The fourth-order valence-electron chi connectivity index (χ4n) is 1.53. The van der Waals surface area contributed by atoms with Gasteiger partial charge in [0.1, 0.15) is 0 Å². The van der Waals surface area contributed by atoms with Gasteiger partial charge in [-0.3, -0.25) is 0 Å². The van der Waals surface area contributed by atoms with Crippen molar-refractivity contribution >= 4 is 0 Å². The van der Waals surface area contributed by atoms with Gasteiger partial charge in [-0.15, -0.1) is 0 Å². The van der Waals surface area contributed by atoms with Crippen LogP contribution in [-0.4, -0.2) is 0 Å². The maximum absolute atomic E-state index is 12.4. The summed E-state index contributed by atoms with van der Waals surface area (Å²) in [6, 6.07) is 4.07. The lowest BCUT2D eigenvalue weighted by molar-refractivity contribution is -0.137. The second-order valence-corrected chi connectivity index (χ2v) is 3.74. The fraction of sp³-hybridized carbons (Fsp3) is 0.364. The lowest BCUT2D eigenvalue weighted by Gasteiger charge is -2.09. The SMILES string of the molecule is [CH2]c1cc(C2CC2)cc(C(F)(F)F)c1. The summed E-state index contributed by atoms with van der Waals surface area (Å²) < 4.78 is 37.2. The van der Waals surface area contributed by atoms with Crippen molar-refractivity contribution in [3.63, 3.8) is 0 Å². The van der Waals surface area contributed by atoms with E-state index in [4.69, 9.17) is 0 Å². The Morgan fingerprint density at radius 2 is 1.79 bits per heavy atom. The first-order chi connectivity index (χ1) is 6.47. The number of halogens is 3. The largest absolute Gasteiger partial charge is 0.416 e. The van der Waals surface area contributed by atoms with Gasteiger partial charge in [0, 0.05) is 0 Å². The molecule has 0 atom stereocenters. The first-order valence-electron chi connectivity index (χ1n) is 4.51. The quantitative estimate of drug-likeness (QED) is 0.645. The number of alkyl halides is 3. The lowest BCUT2D eigenvalue weighted by Crippen LogP contribution is -2.05. The molecule has 1 fully saturated rings. The molecule has 14 heavy (non-hydrogen) atoms. The van der Waals surface area contributed by atoms with Crippen molar-refractivity contribution in [3.05, 3.63) is 41.8 Å². The van der Waals surface area contributed by atoms with E-state index in [1.807, 2.05) is 0 Å². The Balaban J connectivity index is 2.41. The zero-order valence-corrected chi connectivity index (χ0v) is 7.56. The van der Waals surface area contributed by atoms with E-state index < -0.39 is 11.7 Å². The van der Waals surface area contributed by atoms with E-state index in [1.165, 1.54) is 6.07 Å². The van der Waals surface area contributed by atoms with Crippen molar-refractivity contribution in [2.75, 3.05) is 0 Å². The Morgan fingerprint density at radius 3 is 2.29 bits per heavy atom. The molecular formula is C11H10F3. The van der Waals surface area contributed by atoms with Gasteiger partial charge in [0.05, 0.1) is 5.56 Å². The zero-order valence-electron chi connectivity index (χ0n) is 7.56. The molecule has 1 aromatic carbocycles. The number of benzene rings is 1. The van der Waals surface area contributed by atoms with Crippen molar-refractivity contribution in [2.24, 2.45) is 0 Å². The van der Waals surface area contributed by atoms with Crippen molar-refractivity contribution in [2.45, 2.75) is 24.9 Å². The molecule has 1 radical (unpaired) electrons. The first kappa shape index (κ1) is 9.56. The molecule has 1 aliphatic carbocycles. The molecule has 0 heterocycles. The third-order valence-corrected chi connectivity index (χ3v) is 2.39. The van der Waals surface area contributed by atoms with Crippen LogP contribution in [0.4, 0.5) is 13.2 Å². The summed E-state index contributed by atoms with van der Waals surface area (Å²) in [5.41, 5.74) is 0.651. The van der Waals surface area contributed by atoms with Crippen LogP contribution < -0.4 is 0 Å². The highest BCUT2D eigenvalue weighted by Gasteiger charge is 2.33. The van der Waals surface area contributed by atoms with Crippen LogP contribution >= 0.6 is 0 Å². The monoisotopic (exact) mass is 199 g/mol. The van der Waals surface area contributed by atoms with E-state index in [0.29, 0.717) is 11.5 Å². The molecule has 0 N–H and O–H groups in total. The normalized spacial score (nSPS) is 17.1. The summed E-state index contributed by atoms with van der Waals surface area (Å²) >= 11 is 0. The highest BCUT2D eigenvalue weighted by molar-refractivity contribution is 5.36. The summed E-state index contributed by atoms with van der Waals surface area (Å²) in [4.78, 5) is 0. The van der Waals surface area contributed by atoms with Crippen LogP contribution in [0.15, 0.2) is 18.2 Å². The van der Waals surface area contributed by atoms with Crippen molar-refractivity contribution in [1.29, 1.82) is 0 Å². The minimum Gasteiger partial charge on any atom is -0.166 e. The molecule has 3 heteroatoms. The van der Waals surface area contributed by atoms with Crippen molar-refractivity contribution < 1.29 is 13.2 Å². The van der Waals surface area contributed by atoms with E-state index in [-0.39, 0.29) is 0 Å². The summed E-state index contributed by atoms with van der Waals surface area (Å²) in [5.74, 6) is 0.331. The summed E-state index contributed by atoms with van der Waals surface area (Å²) in [6.45, 7) is 3.57. The molecule has 0 aromatic heterocycles. The Labute approximate surface area is 80.7 Å². The Hall–Kier alpha value is -0.990. The maximum Gasteiger partial charge on any atom is 0.416 e. The molecule has 1 aliphatic rings. The minimum absolute atomic E-state index is 0.331. The molecule has 75 valence electrons. The molecule has 2 rings (SSSR count). The van der Waals surface area contributed by atoms with Crippen molar-refractivity contribution in [1.82, 2.24) is 0 Å². The Kier molecular flexibility index (Phi) is 2.05. The van der Waals surface area contributed by atoms with Gasteiger partial charge in [-0.05, 0) is 48.9 Å². The molecular weight excluding hydrogens is 189 g/mol. The van der Waals surface area contributed by atoms with Crippen LogP contribution in [0.3, 0.4) is 0 Å². The van der Waals surface area contributed by atoms with E-state index in [1.54, 1.807) is 6.07 Å². The molecule has 0 saturated heterocycles. The maximum atomic E-state index is 12.4. The summed E-state index contributed by atoms with van der Waals surface area (Å²) in [5, 5.41) is 0. The van der Waals surface area contributed by atoms with Gasteiger partial charge in [0.25, 0.3) is 0 Å². The number of rotatable bonds is 1. The predicted molar refractivity (Wildman–Crippen MR) is 47.9 cm³/mol. The van der Waals surface area contributed by atoms with E-state index in [2.05, 4.69) is 6.92 Å². The highest BCUT2D eigenvalue weighted by atomic mass is 19.4. The second-order valence-electron chi connectivity index (χ2n) is 3.74. The third kappa shape index (κ3) is 1.91. The van der Waals surface area contributed by atoms with Gasteiger partial charge in [0.15, 0.2) is 0 Å². The zero-order chi connectivity index (χ0) is 10.3. The smallest absolute Gasteiger partial charge is 0.166 e. The summed E-state index contributed by atoms with van der Waals surface area (Å²) in [7, 11) is 0. The summed E-state index contributed by atoms with van der Waals surface area (Å²) in [6.07, 6.45) is -2.25. The van der Waals surface area contributed by atoms with Crippen LogP contribution in [0.25, 0.3) is 0 Å².